The zero-order valence-corrected chi connectivity index (χ0v) is 16.9. The average molecular weight is 370 g/mol. The Bertz CT molecular complexity index is 836. The molecule has 1 nitrogen and oxygen atoms in total. The van der Waals surface area contributed by atoms with Crippen molar-refractivity contribution >= 4 is 17.7 Å². The summed E-state index contributed by atoms with van der Waals surface area (Å²) in [6.07, 6.45) is 14.3. The molecule has 144 valence electrons. The molecule has 28 heavy (non-hydrogen) atoms. The van der Waals surface area contributed by atoms with Crippen molar-refractivity contribution in [1.82, 2.24) is 4.90 Å². The van der Waals surface area contributed by atoms with Crippen LogP contribution in [0.5, 0.6) is 0 Å². The Hall–Kier alpha value is -2.12. The van der Waals surface area contributed by atoms with Gasteiger partial charge in [-0.15, -0.1) is 0 Å². The van der Waals surface area contributed by atoms with Crippen molar-refractivity contribution in [3.8, 4) is 0 Å². The standard InChI is InChI=1S/C27H31N/c1-2-8-21(9-3-1)20-28-18-16-24(17-19-28)27-25-12-6-4-10-22(25)14-15-23-11-5-7-13-26(23)27/h4-7,10-15,21H,1-3,8-9,16-20H2. The fourth-order valence-corrected chi connectivity index (χ4v) is 5.44. The lowest BCUT2D eigenvalue weighted by molar-refractivity contribution is 0.190. The fraction of sp³-hybridized carbons (Fsp3) is 0.407. The molecule has 2 aromatic rings. The van der Waals surface area contributed by atoms with Crippen molar-refractivity contribution in [2.45, 2.75) is 44.9 Å². The first-order valence-electron chi connectivity index (χ1n) is 11.2. The predicted molar refractivity (Wildman–Crippen MR) is 120 cm³/mol. The molecule has 2 fully saturated rings. The van der Waals surface area contributed by atoms with Gasteiger partial charge in [-0.05, 0) is 59.4 Å². The highest BCUT2D eigenvalue weighted by atomic mass is 15.1. The summed E-state index contributed by atoms with van der Waals surface area (Å²) in [7, 11) is 0. The molecule has 1 heterocycles. The highest BCUT2D eigenvalue weighted by Crippen LogP contribution is 2.39. The summed E-state index contributed by atoms with van der Waals surface area (Å²) in [4.78, 5) is 2.74. The van der Waals surface area contributed by atoms with E-state index in [1.807, 2.05) is 0 Å². The largest absolute Gasteiger partial charge is 0.302 e. The van der Waals surface area contributed by atoms with Crippen LogP contribution in [0.25, 0.3) is 17.7 Å². The maximum absolute atomic E-state index is 2.74. The van der Waals surface area contributed by atoms with Crippen molar-refractivity contribution in [2.24, 2.45) is 5.92 Å². The Morgan fingerprint density at radius 1 is 0.714 bits per heavy atom. The van der Waals surface area contributed by atoms with Gasteiger partial charge in [-0.1, -0.05) is 85.5 Å². The summed E-state index contributed by atoms with van der Waals surface area (Å²) in [6.45, 7) is 3.79. The van der Waals surface area contributed by atoms with Crippen LogP contribution in [0.4, 0.5) is 0 Å². The molecule has 0 bridgehead atoms. The van der Waals surface area contributed by atoms with E-state index in [9.17, 15) is 0 Å². The van der Waals surface area contributed by atoms with E-state index in [-0.39, 0.29) is 0 Å². The molecule has 1 saturated carbocycles. The second-order valence-electron chi connectivity index (χ2n) is 8.79. The van der Waals surface area contributed by atoms with E-state index in [2.05, 4.69) is 65.6 Å². The van der Waals surface area contributed by atoms with E-state index in [4.69, 9.17) is 0 Å². The van der Waals surface area contributed by atoms with Gasteiger partial charge in [0, 0.05) is 19.6 Å². The zero-order valence-electron chi connectivity index (χ0n) is 16.9. The lowest BCUT2D eigenvalue weighted by atomic mass is 9.85. The fourth-order valence-electron chi connectivity index (χ4n) is 5.44. The Morgan fingerprint density at radius 2 is 1.29 bits per heavy atom. The van der Waals surface area contributed by atoms with E-state index in [1.54, 1.807) is 5.57 Å². The van der Waals surface area contributed by atoms with E-state index >= 15 is 0 Å². The minimum absolute atomic E-state index is 0.950. The first kappa shape index (κ1) is 17.9. The smallest absolute Gasteiger partial charge is 0.00192 e. The van der Waals surface area contributed by atoms with Gasteiger partial charge in [-0.25, -0.2) is 0 Å². The average Bonchev–Trinajstić information content (AvgIpc) is 2.92. The van der Waals surface area contributed by atoms with Crippen molar-refractivity contribution in [2.75, 3.05) is 19.6 Å². The highest BCUT2D eigenvalue weighted by Gasteiger charge is 2.24. The molecule has 0 unspecified atom stereocenters. The molecule has 2 aromatic carbocycles. The van der Waals surface area contributed by atoms with Gasteiger partial charge in [0.2, 0.25) is 0 Å². The van der Waals surface area contributed by atoms with Crippen molar-refractivity contribution in [3.05, 3.63) is 76.4 Å². The predicted octanol–water partition coefficient (Wildman–Crippen LogP) is 6.65. The Kier molecular flexibility index (Phi) is 5.18. The summed E-state index contributed by atoms with van der Waals surface area (Å²) in [6, 6.07) is 17.9. The second-order valence-corrected chi connectivity index (χ2v) is 8.79. The van der Waals surface area contributed by atoms with Crippen LogP contribution in [0, 0.1) is 5.92 Å². The molecule has 0 atom stereocenters. The minimum atomic E-state index is 0.950. The zero-order chi connectivity index (χ0) is 18.8. The van der Waals surface area contributed by atoms with Gasteiger partial charge in [0.1, 0.15) is 0 Å². The van der Waals surface area contributed by atoms with Crippen LogP contribution in [0.3, 0.4) is 0 Å². The molecule has 2 aliphatic carbocycles. The maximum Gasteiger partial charge on any atom is 0.00192 e. The normalized spacial score (nSPS) is 20.6. The van der Waals surface area contributed by atoms with Crippen molar-refractivity contribution < 1.29 is 0 Å². The topological polar surface area (TPSA) is 3.24 Å². The van der Waals surface area contributed by atoms with Gasteiger partial charge in [-0.3, -0.25) is 0 Å². The van der Waals surface area contributed by atoms with E-state index in [1.165, 1.54) is 92.4 Å². The number of likely N-dealkylation sites (tertiary alicyclic amines) is 1. The lowest BCUT2D eigenvalue weighted by Gasteiger charge is -2.34. The van der Waals surface area contributed by atoms with Crippen LogP contribution in [0.1, 0.15) is 67.2 Å². The molecular weight excluding hydrogens is 338 g/mol. The summed E-state index contributed by atoms with van der Waals surface area (Å²) in [5, 5.41) is 0. The summed E-state index contributed by atoms with van der Waals surface area (Å²) in [5.41, 5.74) is 8.70. The third-order valence-corrected chi connectivity index (χ3v) is 6.96. The van der Waals surface area contributed by atoms with E-state index in [0.29, 0.717) is 0 Å². The van der Waals surface area contributed by atoms with Crippen LogP contribution in [-0.4, -0.2) is 24.5 Å². The number of rotatable bonds is 2. The summed E-state index contributed by atoms with van der Waals surface area (Å²) >= 11 is 0. The second kappa shape index (κ2) is 8.09. The summed E-state index contributed by atoms with van der Waals surface area (Å²) < 4.78 is 0. The third kappa shape index (κ3) is 3.61. The molecule has 1 aliphatic heterocycles. The minimum Gasteiger partial charge on any atom is -0.302 e. The summed E-state index contributed by atoms with van der Waals surface area (Å²) in [5.74, 6) is 0.950. The molecule has 1 saturated heterocycles. The molecule has 0 radical (unpaired) electrons. The number of hydrogen-bond acceptors (Lipinski definition) is 1. The van der Waals surface area contributed by atoms with Crippen LogP contribution < -0.4 is 0 Å². The van der Waals surface area contributed by atoms with Gasteiger partial charge >= 0.3 is 0 Å². The Morgan fingerprint density at radius 3 is 1.89 bits per heavy atom. The van der Waals surface area contributed by atoms with Crippen LogP contribution in [-0.2, 0) is 0 Å². The number of benzene rings is 2. The van der Waals surface area contributed by atoms with Gasteiger partial charge < -0.3 is 4.90 Å². The first-order chi connectivity index (χ1) is 13.9. The molecular formula is C27H31N. The SMILES string of the molecule is C1=Cc2ccccc2C(=C2CCN(CC3CCCCC3)CC2)c2ccccc21. The van der Waals surface area contributed by atoms with E-state index < -0.39 is 0 Å². The molecule has 5 rings (SSSR count). The maximum atomic E-state index is 2.74. The van der Waals surface area contributed by atoms with Crippen LogP contribution >= 0.6 is 0 Å². The van der Waals surface area contributed by atoms with Gasteiger partial charge in [0.15, 0.2) is 0 Å². The number of hydrogen-bond donors (Lipinski definition) is 0. The van der Waals surface area contributed by atoms with Crippen LogP contribution in [0.2, 0.25) is 0 Å². The van der Waals surface area contributed by atoms with Gasteiger partial charge in [-0.2, -0.15) is 0 Å². The lowest BCUT2D eigenvalue weighted by Crippen LogP contribution is -2.35. The monoisotopic (exact) mass is 369 g/mol. The van der Waals surface area contributed by atoms with Crippen molar-refractivity contribution in [1.29, 1.82) is 0 Å². The molecule has 0 N–H and O–H groups in total. The Balaban J connectivity index is 1.44. The van der Waals surface area contributed by atoms with Gasteiger partial charge in [0.05, 0.1) is 0 Å². The van der Waals surface area contributed by atoms with Gasteiger partial charge in [0.25, 0.3) is 0 Å². The highest BCUT2D eigenvalue weighted by molar-refractivity contribution is 5.94. The quantitative estimate of drug-likeness (QED) is 0.489. The first-order valence-corrected chi connectivity index (χ1v) is 11.2. The number of fused-ring (bicyclic) bond motifs is 2. The molecule has 3 aliphatic rings. The molecule has 0 aromatic heterocycles. The number of nitrogens with zero attached hydrogens (tertiary/aromatic N) is 1. The molecule has 0 spiro atoms. The van der Waals surface area contributed by atoms with Crippen LogP contribution in [0.15, 0.2) is 54.1 Å². The number of piperidine rings is 1. The molecule has 1 heteroatoms. The molecule has 0 amide bonds. The Labute approximate surface area is 169 Å². The van der Waals surface area contributed by atoms with Crippen molar-refractivity contribution in [3.63, 3.8) is 0 Å². The van der Waals surface area contributed by atoms with E-state index in [0.717, 1.165) is 5.92 Å². The third-order valence-electron chi connectivity index (χ3n) is 6.96.